The summed E-state index contributed by atoms with van der Waals surface area (Å²) >= 11 is 0. The Kier molecular flexibility index (Phi) is 4.03. The fourth-order valence-electron chi connectivity index (χ4n) is 3.14. The summed E-state index contributed by atoms with van der Waals surface area (Å²) < 4.78 is 13.5. The first kappa shape index (κ1) is 15.5. The van der Waals surface area contributed by atoms with Crippen LogP contribution in [0.5, 0.6) is 0 Å². The van der Waals surface area contributed by atoms with Gasteiger partial charge in [-0.05, 0) is 49.1 Å². The van der Waals surface area contributed by atoms with Crippen LogP contribution in [0.3, 0.4) is 0 Å². The quantitative estimate of drug-likeness (QED) is 0.926. The molecule has 4 nitrogen and oxygen atoms in total. The average Bonchev–Trinajstić information content (AvgIpc) is 2.54. The molecule has 1 amide bonds. The van der Waals surface area contributed by atoms with Gasteiger partial charge in [0, 0.05) is 23.9 Å². The van der Waals surface area contributed by atoms with Gasteiger partial charge in [0.15, 0.2) is 0 Å². The minimum atomic E-state index is -0.297. The van der Waals surface area contributed by atoms with Crippen LogP contribution in [0.1, 0.15) is 47.1 Å². The number of halogens is 1. The molecule has 0 saturated carbocycles. The van der Waals surface area contributed by atoms with Crippen molar-refractivity contribution < 1.29 is 9.18 Å². The second-order valence-electron chi connectivity index (χ2n) is 5.88. The Bertz CT molecular complexity index is 813. The SMILES string of the molecule is CCc1cc(C(=O)N2CCc3ccc(F)cc3[C@@H]2C)cc(=O)[nH]1. The van der Waals surface area contributed by atoms with E-state index < -0.39 is 0 Å². The predicted molar refractivity (Wildman–Crippen MR) is 86.0 cm³/mol. The van der Waals surface area contributed by atoms with Crippen LogP contribution in [-0.2, 0) is 12.8 Å². The summed E-state index contributed by atoms with van der Waals surface area (Å²) in [5, 5.41) is 0. The maximum Gasteiger partial charge on any atom is 0.254 e. The Morgan fingerprint density at radius 2 is 2.13 bits per heavy atom. The molecule has 1 aliphatic rings. The average molecular weight is 314 g/mol. The third kappa shape index (κ3) is 2.91. The Morgan fingerprint density at radius 3 is 2.87 bits per heavy atom. The lowest BCUT2D eigenvalue weighted by atomic mass is 9.93. The standard InChI is InChI=1S/C18H19FN2O2/c1-3-15-8-13(9-17(22)20-15)18(23)21-7-6-12-4-5-14(19)10-16(12)11(21)2/h4-5,8-11H,3,6-7H2,1-2H3,(H,20,22)/t11-/m0/s1. The van der Waals surface area contributed by atoms with Crippen molar-refractivity contribution in [3.8, 4) is 0 Å². The molecular weight excluding hydrogens is 295 g/mol. The molecule has 0 aliphatic carbocycles. The Labute approximate surface area is 134 Å². The monoisotopic (exact) mass is 314 g/mol. The molecule has 23 heavy (non-hydrogen) atoms. The topological polar surface area (TPSA) is 53.2 Å². The number of carbonyl (C=O) groups excluding carboxylic acids is 1. The van der Waals surface area contributed by atoms with Crippen LogP contribution < -0.4 is 5.56 Å². The number of aromatic amines is 1. The molecule has 1 N–H and O–H groups in total. The van der Waals surface area contributed by atoms with E-state index in [4.69, 9.17) is 0 Å². The van der Waals surface area contributed by atoms with Crippen molar-refractivity contribution in [3.05, 3.63) is 68.9 Å². The maximum absolute atomic E-state index is 13.5. The highest BCUT2D eigenvalue weighted by molar-refractivity contribution is 5.94. The van der Waals surface area contributed by atoms with Gasteiger partial charge in [0.05, 0.1) is 6.04 Å². The van der Waals surface area contributed by atoms with Crippen molar-refractivity contribution in [2.24, 2.45) is 0 Å². The van der Waals surface area contributed by atoms with Crippen LogP contribution in [0.2, 0.25) is 0 Å². The van der Waals surface area contributed by atoms with Crippen LogP contribution >= 0.6 is 0 Å². The summed E-state index contributed by atoms with van der Waals surface area (Å²) in [4.78, 5) is 28.9. The summed E-state index contributed by atoms with van der Waals surface area (Å²) in [5.74, 6) is -0.484. The van der Waals surface area contributed by atoms with E-state index in [2.05, 4.69) is 4.98 Å². The first-order valence-corrected chi connectivity index (χ1v) is 7.82. The Balaban J connectivity index is 1.95. The van der Waals surface area contributed by atoms with Crippen molar-refractivity contribution in [3.63, 3.8) is 0 Å². The van der Waals surface area contributed by atoms with Gasteiger partial charge in [-0.2, -0.15) is 0 Å². The second-order valence-corrected chi connectivity index (χ2v) is 5.88. The summed E-state index contributed by atoms with van der Waals surface area (Å²) in [7, 11) is 0. The number of carbonyl (C=O) groups is 1. The summed E-state index contributed by atoms with van der Waals surface area (Å²) in [6.45, 7) is 4.37. The number of hydrogen-bond donors (Lipinski definition) is 1. The number of pyridine rings is 1. The molecule has 0 radical (unpaired) electrons. The lowest BCUT2D eigenvalue weighted by molar-refractivity contribution is 0.0677. The van der Waals surface area contributed by atoms with E-state index >= 15 is 0 Å². The highest BCUT2D eigenvalue weighted by Crippen LogP contribution is 2.31. The number of benzene rings is 1. The number of nitrogens with one attached hydrogen (secondary N) is 1. The zero-order valence-electron chi connectivity index (χ0n) is 13.2. The molecule has 0 bridgehead atoms. The van der Waals surface area contributed by atoms with Crippen LogP contribution in [0.15, 0.2) is 35.1 Å². The molecule has 0 fully saturated rings. The number of nitrogens with zero attached hydrogens (tertiary/aromatic N) is 1. The smallest absolute Gasteiger partial charge is 0.254 e. The molecule has 2 aromatic rings. The zero-order chi connectivity index (χ0) is 16.6. The van der Waals surface area contributed by atoms with Gasteiger partial charge >= 0.3 is 0 Å². The predicted octanol–water partition coefficient (Wildman–Crippen LogP) is 2.84. The molecular formula is C18H19FN2O2. The number of rotatable bonds is 2. The Hall–Kier alpha value is -2.43. The molecule has 1 atom stereocenters. The van der Waals surface area contributed by atoms with Gasteiger partial charge in [0.2, 0.25) is 5.56 Å². The van der Waals surface area contributed by atoms with Crippen molar-refractivity contribution in [2.45, 2.75) is 32.7 Å². The second kappa shape index (κ2) is 5.99. The zero-order valence-corrected chi connectivity index (χ0v) is 13.2. The van der Waals surface area contributed by atoms with Crippen molar-refractivity contribution >= 4 is 5.91 Å². The van der Waals surface area contributed by atoms with Gasteiger partial charge in [-0.1, -0.05) is 13.0 Å². The first-order chi connectivity index (χ1) is 11.0. The fourth-order valence-corrected chi connectivity index (χ4v) is 3.14. The molecule has 3 rings (SSSR count). The van der Waals surface area contributed by atoms with Crippen molar-refractivity contribution in [1.82, 2.24) is 9.88 Å². The van der Waals surface area contributed by atoms with Crippen molar-refractivity contribution in [2.75, 3.05) is 6.54 Å². The van der Waals surface area contributed by atoms with Gasteiger partial charge in [0.1, 0.15) is 5.82 Å². The van der Waals surface area contributed by atoms with Crippen molar-refractivity contribution in [1.29, 1.82) is 0 Å². The summed E-state index contributed by atoms with van der Waals surface area (Å²) in [5.41, 5.74) is 2.76. The molecule has 1 aliphatic heterocycles. The molecule has 1 aromatic heterocycles. The number of H-pyrrole nitrogens is 1. The third-order valence-corrected chi connectivity index (χ3v) is 4.44. The number of aromatic nitrogens is 1. The lowest BCUT2D eigenvalue weighted by Gasteiger charge is -2.35. The fraction of sp³-hybridized carbons (Fsp3) is 0.333. The van der Waals surface area contributed by atoms with E-state index in [1.54, 1.807) is 17.0 Å². The number of fused-ring (bicyclic) bond motifs is 1. The van der Waals surface area contributed by atoms with E-state index in [1.165, 1.54) is 18.2 Å². The molecule has 5 heteroatoms. The highest BCUT2D eigenvalue weighted by Gasteiger charge is 2.28. The molecule has 120 valence electrons. The van der Waals surface area contributed by atoms with Gasteiger partial charge in [-0.3, -0.25) is 9.59 Å². The highest BCUT2D eigenvalue weighted by atomic mass is 19.1. The number of aryl methyl sites for hydroxylation is 1. The molecule has 0 spiro atoms. The molecule has 2 heterocycles. The lowest BCUT2D eigenvalue weighted by Crippen LogP contribution is -2.39. The maximum atomic E-state index is 13.5. The van der Waals surface area contributed by atoms with E-state index in [9.17, 15) is 14.0 Å². The number of hydrogen-bond acceptors (Lipinski definition) is 2. The van der Waals surface area contributed by atoms with Gasteiger partial charge < -0.3 is 9.88 Å². The minimum Gasteiger partial charge on any atom is -0.332 e. The van der Waals surface area contributed by atoms with E-state index in [1.807, 2.05) is 13.8 Å². The van der Waals surface area contributed by atoms with Crippen LogP contribution in [0.25, 0.3) is 0 Å². The third-order valence-electron chi connectivity index (χ3n) is 4.44. The minimum absolute atomic E-state index is 0.187. The molecule has 0 unspecified atom stereocenters. The van der Waals surface area contributed by atoms with Crippen LogP contribution in [0, 0.1) is 5.82 Å². The van der Waals surface area contributed by atoms with Gasteiger partial charge in [-0.25, -0.2) is 4.39 Å². The summed E-state index contributed by atoms with van der Waals surface area (Å²) in [6.07, 6.45) is 1.34. The van der Waals surface area contributed by atoms with E-state index in [0.717, 1.165) is 16.8 Å². The Morgan fingerprint density at radius 1 is 1.35 bits per heavy atom. The van der Waals surface area contributed by atoms with Crippen LogP contribution in [0.4, 0.5) is 4.39 Å². The van der Waals surface area contributed by atoms with E-state index in [0.29, 0.717) is 24.9 Å². The normalized spacial score (nSPS) is 17.0. The molecule has 1 aromatic carbocycles. The number of amides is 1. The van der Waals surface area contributed by atoms with Gasteiger partial charge in [0.25, 0.3) is 5.91 Å². The summed E-state index contributed by atoms with van der Waals surface area (Å²) in [6, 6.07) is 7.56. The largest absolute Gasteiger partial charge is 0.332 e. The first-order valence-electron chi connectivity index (χ1n) is 7.82. The molecule has 0 saturated heterocycles. The van der Waals surface area contributed by atoms with E-state index in [-0.39, 0.29) is 23.3 Å². The van der Waals surface area contributed by atoms with Crippen LogP contribution in [-0.4, -0.2) is 22.3 Å². The van der Waals surface area contributed by atoms with Gasteiger partial charge in [-0.15, -0.1) is 0 Å².